The maximum Gasteiger partial charge on any atom is 0.224 e. The minimum atomic E-state index is 0.140. The average molecular weight is 230 g/mol. The molecule has 0 bridgehead atoms. The summed E-state index contributed by atoms with van der Waals surface area (Å²) in [6.45, 7) is 1.12. The number of amides is 1. The van der Waals surface area contributed by atoms with Crippen molar-refractivity contribution in [3.8, 4) is 0 Å². The minimum Gasteiger partial charge on any atom is -0.326 e. The Morgan fingerprint density at radius 2 is 2.12 bits per heavy atom. The molecule has 0 radical (unpaired) electrons. The molecule has 17 heavy (non-hydrogen) atoms. The van der Waals surface area contributed by atoms with E-state index in [1.807, 2.05) is 0 Å². The van der Waals surface area contributed by atoms with Crippen molar-refractivity contribution in [1.29, 1.82) is 0 Å². The molecular weight excluding hydrogens is 212 g/mol. The van der Waals surface area contributed by atoms with E-state index in [4.69, 9.17) is 0 Å². The monoisotopic (exact) mass is 230 g/mol. The lowest BCUT2D eigenvalue weighted by molar-refractivity contribution is -0.116. The quantitative estimate of drug-likeness (QED) is 0.777. The van der Waals surface area contributed by atoms with E-state index in [0.29, 0.717) is 12.5 Å². The minimum absolute atomic E-state index is 0.140. The molecule has 0 spiro atoms. The topological polar surface area (TPSA) is 41.1 Å². The Balaban J connectivity index is 1.85. The van der Waals surface area contributed by atoms with Gasteiger partial charge in [0.1, 0.15) is 0 Å². The van der Waals surface area contributed by atoms with Gasteiger partial charge in [0.2, 0.25) is 5.91 Å². The summed E-state index contributed by atoms with van der Waals surface area (Å²) in [6, 6.07) is 6.97. The molecule has 2 N–H and O–H groups in total. The van der Waals surface area contributed by atoms with Gasteiger partial charge in [0.15, 0.2) is 0 Å². The smallest absolute Gasteiger partial charge is 0.224 e. The maximum absolute atomic E-state index is 11.3. The molecule has 0 unspecified atom stereocenters. The Bertz CT molecular complexity index is 436. The van der Waals surface area contributed by atoms with Gasteiger partial charge in [-0.1, -0.05) is 18.6 Å². The molecule has 2 aliphatic rings. The first-order chi connectivity index (χ1) is 8.33. The summed E-state index contributed by atoms with van der Waals surface area (Å²) in [5, 5.41) is 6.49. The normalized spacial score (nSPS) is 24.0. The van der Waals surface area contributed by atoms with Gasteiger partial charge in [-0.05, 0) is 43.0 Å². The number of carbonyl (C=O) groups excluding carboxylic acids is 1. The molecule has 1 fully saturated rings. The zero-order chi connectivity index (χ0) is 11.7. The van der Waals surface area contributed by atoms with Crippen molar-refractivity contribution in [2.75, 3.05) is 11.9 Å². The van der Waals surface area contributed by atoms with Gasteiger partial charge in [-0.3, -0.25) is 4.79 Å². The summed E-state index contributed by atoms with van der Waals surface area (Å²) in [5.74, 6) is 0.140. The Labute approximate surface area is 102 Å². The molecule has 90 valence electrons. The average Bonchev–Trinajstić information content (AvgIpc) is 2.39. The zero-order valence-electron chi connectivity index (χ0n) is 9.96. The van der Waals surface area contributed by atoms with Gasteiger partial charge in [0.05, 0.1) is 0 Å². The number of hydrogen-bond donors (Lipinski definition) is 2. The van der Waals surface area contributed by atoms with E-state index in [0.717, 1.165) is 18.7 Å². The van der Waals surface area contributed by atoms with Crippen LogP contribution in [0.2, 0.25) is 0 Å². The van der Waals surface area contributed by atoms with Crippen LogP contribution in [0, 0.1) is 0 Å². The van der Waals surface area contributed by atoms with Crippen molar-refractivity contribution in [3.05, 3.63) is 29.3 Å². The molecule has 3 heteroatoms. The Hall–Kier alpha value is -1.35. The van der Waals surface area contributed by atoms with Crippen LogP contribution in [-0.2, 0) is 11.2 Å². The molecule has 2 aliphatic heterocycles. The van der Waals surface area contributed by atoms with E-state index in [2.05, 4.69) is 28.8 Å². The largest absolute Gasteiger partial charge is 0.326 e. The molecule has 1 atom stereocenters. The van der Waals surface area contributed by atoms with Gasteiger partial charge in [-0.25, -0.2) is 0 Å². The van der Waals surface area contributed by atoms with Crippen LogP contribution in [0.25, 0.3) is 0 Å². The highest BCUT2D eigenvalue weighted by molar-refractivity contribution is 5.93. The molecule has 3 rings (SSSR count). The van der Waals surface area contributed by atoms with Crippen molar-refractivity contribution in [1.82, 2.24) is 5.32 Å². The van der Waals surface area contributed by atoms with Crippen LogP contribution in [0.3, 0.4) is 0 Å². The van der Waals surface area contributed by atoms with Crippen molar-refractivity contribution in [2.24, 2.45) is 0 Å². The van der Waals surface area contributed by atoms with Crippen LogP contribution in [0.15, 0.2) is 18.2 Å². The summed E-state index contributed by atoms with van der Waals surface area (Å²) in [6.07, 6.45) is 5.32. The summed E-state index contributed by atoms with van der Waals surface area (Å²) < 4.78 is 0. The van der Waals surface area contributed by atoms with Crippen molar-refractivity contribution < 1.29 is 4.79 Å². The van der Waals surface area contributed by atoms with E-state index in [9.17, 15) is 4.79 Å². The van der Waals surface area contributed by atoms with Crippen molar-refractivity contribution >= 4 is 11.6 Å². The highest BCUT2D eigenvalue weighted by Gasteiger charge is 2.19. The predicted molar refractivity (Wildman–Crippen MR) is 68.0 cm³/mol. The van der Waals surface area contributed by atoms with Crippen LogP contribution in [0.4, 0.5) is 5.69 Å². The van der Waals surface area contributed by atoms with Crippen LogP contribution < -0.4 is 10.6 Å². The number of hydrogen-bond acceptors (Lipinski definition) is 2. The van der Waals surface area contributed by atoms with E-state index >= 15 is 0 Å². The number of anilines is 1. The molecule has 1 saturated heterocycles. The van der Waals surface area contributed by atoms with Crippen LogP contribution in [0.1, 0.15) is 42.9 Å². The summed E-state index contributed by atoms with van der Waals surface area (Å²) in [5.41, 5.74) is 3.66. The third kappa shape index (κ3) is 2.20. The Kier molecular flexibility index (Phi) is 2.85. The first-order valence-corrected chi connectivity index (χ1v) is 6.49. The van der Waals surface area contributed by atoms with Gasteiger partial charge < -0.3 is 10.6 Å². The van der Waals surface area contributed by atoms with E-state index in [-0.39, 0.29) is 5.91 Å². The fourth-order valence-corrected chi connectivity index (χ4v) is 2.76. The van der Waals surface area contributed by atoms with E-state index in [1.54, 1.807) is 0 Å². The number of fused-ring (bicyclic) bond motifs is 1. The second-order valence-electron chi connectivity index (χ2n) is 4.97. The van der Waals surface area contributed by atoms with Gasteiger partial charge in [0.25, 0.3) is 0 Å². The second kappa shape index (κ2) is 4.49. The lowest BCUT2D eigenvalue weighted by atomic mass is 9.93. The van der Waals surface area contributed by atoms with Crippen LogP contribution in [-0.4, -0.2) is 12.5 Å². The van der Waals surface area contributed by atoms with E-state index in [1.165, 1.54) is 30.4 Å². The van der Waals surface area contributed by atoms with Gasteiger partial charge in [0, 0.05) is 18.2 Å². The number of benzene rings is 1. The van der Waals surface area contributed by atoms with Gasteiger partial charge >= 0.3 is 0 Å². The fourth-order valence-electron chi connectivity index (χ4n) is 2.76. The third-order valence-corrected chi connectivity index (χ3v) is 3.74. The first kappa shape index (κ1) is 10.8. The number of nitrogens with one attached hydrogen (secondary N) is 2. The molecule has 0 aliphatic carbocycles. The highest BCUT2D eigenvalue weighted by Crippen LogP contribution is 2.29. The molecule has 1 amide bonds. The maximum atomic E-state index is 11.3. The first-order valence-electron chi connectivity index (χ1n) is 6.49. The van der Waals surface area contributed by atoms with Crippen LogP contribution >= 0.6 is 0 Å². The second-order valence-corrected chi connectivity index (χ2v) is 4.97. The van der Waals surface area contributed by atoms with Crippen molar-refractivity contribution in [3.63, 3.8) is 0 Å². The van der Waals surface area contributed by atoms with E-state index < -0.39 is 0 Å². The Morgan fingerprint density at radius 3 is 2.94 bits per heavy atom. The number of rotatable bonds is 1. The number of piperidine rings is 1. The lowest BCUT2D eigenvalue weighted by Crippen LogP contribution is -2.27. The molecule has 2 heterocycles. The number of aryl methyl sites for hydroxylation is 1. The molecular formula is C14H18N2O. The molecule has 0 aromatic heterocycles. The highest BCUT2D eigenvalue weighted by atomic mass is 16.1. The fraction of sp³-hybridized carbons (Fsp3) is 0.500. The standard InChI is InChI=1S/C14H18N2O/c17-14-7-5-11-9-10(4-6-13(11)16-14)12-3-1-2-8-15-12/h4,6,9,12,15H,1-3,5,7-8H2,(H,16,17)/t12-/m0/s1. The summed E-state index contributed by atoms with van der Waals surface area (Å²) in [4.78, 5) is 11.3. The summed E-state index contributed by atoms with van der Waals surface area (Å²) in [7, 11) is 0. The number of carbonyl (C=O) groups is 1. The van der Waals surface area contributed by atoms with Crippen molar-refractivity contribution in [2.45, 2.75) is 38.1 Å². The summed E-state index contributed by atoms with van der Waals surface area (Å²) >= 11 is 0. The molecule has 1 aromatic carbocycles. The van der Waals surface area contributed by atoms with Gasteiger partial charge in [-0.15, -0.1) is 0 Å². The lowest BCUT2D eigenvalue weighted by Gasteiger charge is -2.25. The molecule has 1 aromatic rings. The Morgan fingerprint density at radius 1 is 1.18 bits per heavy atom. The molecule has 0 saturated carbocycles. The zero-order valence-corrected chi connectivity index (χ0v) is 9.96. The van der Waals surface area contributed by atoms with Gasteiger partial charge in [-0.2, -0.15) is 0 Å². The predicted octanol–water partition coefficient (Wildman–Crippen LogP) is 2.39. The SMILES string of the molecule is O=C1CCc2cc([C@@H]3CCCCN3)ccc2N1. The third-order valence-electron chi connectivity index (χ3n) is 3.74. The molecule has 3 nitrogen and oxygen atoms in total. The van der Waals surface area contributed by atoms with Crippen LogP contribution in [0.5, 0.6) is 0 Å².